The monoisotopic (exact) mass is 455 g/mol. The summed E-state index contributed by atoms with van der Waals surface area (Å²) < 4.78 is 2.22. The average molecular weight is 456 g/mol. The van der Waals surface area contributed by atoms with Crippen LogP contribution in [0.15, 0.2) is 79.3 Å². The molecule has 6 nitrogen and oxygen atoms in total. The number of thiocarbonyl (C=S) groups is 1. The lowest BCUT2D eigenvalue weighted by molar-refractivity contribution is 0.310. The lowest BCUT2D eigenvalue weighted by Gasteiger charge is -2.28. The van der Waals surface area contributed by atoms with Gasteiger partial charge < -0.3 is 19.9 Å². The Balaban J connectivity index is 1.61. The van der Waals surface area contributed by atoms with E-state index in [1.165, 1.54) is 5.56 Å². The molecule has 2 atom stereocenters. The molecule has 0 amide bonds. The van der Waals surface area contributed by atoms with Crippen molar-refractivity contribution in [2.75, 3.05) is 0 Å². The molecule has 0 spiro atoms. The quantitative estimate of drug-likeness (QED) is 0.423. The van der Waals surface area contributed by atoms with Crippen molar-refractivity contribution in [3.63, 3.8) is 0 Å². The Morgan fingerprint density at radius 3 is 2.55 bits per heavy atom. The predicted molar refractivity (Wildman–Crippen MR) is 132 cm³/mol. The number of aromatic nitrogens is 3. The molecule has 1 saturated heterocycles. The molecule has 5 rings (SSSR count). The molecule has 1 aliphatic heterocycles. The highest BCUT2D eigenvalue weighted by molar-refractivity contribution is 7.80. The summed E-state index contributed by atoms with van der Waals surface area (Å²) >= 11 is 5.82. The minimum absolute atomic E-state index is 0.0373. The molecule has 166 valence electrons. The van der Waals surface area contributed by atoms with Crippen molar-refractivity contribution in [3.05, 3.63) is 107 Å². The van der Waals surface area contributed by atoms with E-state index in [-0.39, 0.29) is 17.8 Å². The fraction of sp³-hybridized carbons (Fsp3) is 0.192. The van der Waals surface area contributed by atoms with Gasteiger partial charge in [0.2, 0.25) is 0 Å². The number of hydrogen-bond acceptors (Lipinski definition) is 4. The number of phenols is 1. The maximum absolute atomic E-state index is 9.73. The molecule has 1 aliphatic rings. The topological polar surface area (TPSA) is 66.2 Å². The summed E-state index contributed by atoms with van der Waals surface area (Å²) in [5.74, 6) is 0.254. The van der Waals surface area contributed by atoms with E-state index in [1.807, 2.05) is 48.8 Å². The van der Waals surface area contributed by atoms with E-state index in [4.69, 9.17) is 12.2 Å². The van der Waals surface area contributed by atoms with Crippen molar-refractivity contribution >= 4 is 17.3 Å². The van der Waals surface area contributed by atoms with Crippen molar-refractivity contribution in [1.29, 1.82) is 0 Å². The summed E-state index contributed by atoms with van der Waals surface area (Å²) in [5.41, 5.74) is 6.50. The van der Waals surface area contributed by atoms with Crippen LogP contribution in [0.2, 0.25) is 0 Å². The van der Waals surface area contributed by atoms with Crippen LogP contribution in [0.5, 0.6) is 5.75 Å². The first-order valence-corrected chi connectivity index (χ1v) is 11.3. The van der Waals surface area contributed by atoms with Crippen LogP contribution < -0.4 is 5.32 Å². The van der Waals surface area contributed by atoms with Crippen LogP contribution in [0.1, 0.15) is 40.3 Å². The highest BCUT2D eigenvalue weighted by Crippen LogP contribution is 2.42. The SMILES string of the molecule is Cc1cc([C@H]2[C@H](c3ccccn3)NC(=S)N2Cc2cccnc2)c(C)n1-c1ccc(O)cc1. The first-order chi connectivity index (χ1) is 16.0. The highest BCUT2D eigenvalue weighted by Gasteiger charge is 2.41. The Morgan fingerprint density at radius 2 is 1.85 bits per heavy atom. The second-order valence-electron chi connectivity index (χ2n) is 8.29. The maximum atomic E-state index is 9.73. The summed E-state index contributed by atoms with van der Waals surface area (Å²) in [5, 5.41) is 14.0. The first kappa shape index (κ1) is 21.2. The van der Waals surface area contributed by atoms with Crippen molar-refractivity contribution in [2.24, 2.45) is 0 Å². The summed E-state index contributed by atoms with van der Waals surface area (Å²) in [6.45, 7) is 4.89. The summed E-state index contributed by atoms with van der Waals surface area (Å²) in [7, 11) is 0. The second kappa shape index (κ2) is 8.67. The minimum atomic E-state index is -0.0795. The van der Waals surface area contributed by atoms with Crippen LogP contribution in [0.25, 0.3) is 5.69 Å². The summed E-state index contributed by atoms with van der Waals surface area (Å²) in [4.78, 5) is 11.2. The zero-order valence-electron chi connectivity index (χ0n) is 18.5. The van der Waals surface area contributed by atoms with Crippen molar-refractivity contribution in [1.82, 2.24) is 24.8 Å². The molecule has 33 heavy (non-hydrogen) atoms. The number of aryl methyl sites for hydroxylation is 1. The smallest absolute Gasteiger partial charge is 0.170 e. The van der Waals surface area contributed by atoms with Crippen LogP contribution in [-0.4, -0.2) is 29.7 Å². The van der Waals surface area contributed by atoms with Gasteiger partial charge in [0.15, 0.2) is 5.11 Å². The third kappa shape index (κ3) is 3.96. The van der Waals surface area contributed by atoms with Gasteiger partial charge in [-0.05, 0) is 85.7 Å². The van der Waals surface area contributed by atoms with Gasteiger partial charge in [0.1, 0.15) is 5.75 Å². The predicted octanol–water partition coefficient (Wildman–Crippen LogP) is 4.76. The highest BCUT2D eigenvalue weighted by atomic mass is 32.1. The number of nitrogens with one attached hydrogen (secondary N) is 1. The fourth-order valence-electron chi connectivity index (χ4n) is 4.69. The molecule has 0 unspecified atom stereocenters. The molecular weight excluding hydrogens is 430 g/mol. The third-order valence-corrected chi connectivity index (χ3v) is 6.52. The van der Waals surface area contributed by atoms with Gasteiger partial charge in [-0.1, -0.05) is 12.1 Å². The van der Waals surface area contributed by atoms with Gasteiger partial charge in [-0.25, -0.2) is 0 Å². The van der Waals surface area contributed by atoms with E-state index >= 15 is 0 Å². The molecule has 0 bridgehead atoms. The molecule has 0 saturated carbocycles. The van der Waals surface area contributed by atoms with Crippen LogP contribution in [-0.2, 0) is 6.54 Å². The Morgan fingerprint density at radius 1 is 1.03 bits per heavy atom. The molecule has 7 heteroatoms. The zero-order chi connectivity index (χ0) is 22.9. The lowest BCUT2D eigenvalue weighted by atomic mass is 9.96. The van der Waals surface area contributed by atoms with Crippen molar-refractivity contribution in [3.8, 4) is 11.4 Å². The molecule has 1 aromatic carbocycles. The van der Waals surface area contributed by atoms with Gasteiger partial charge >= 0.3 is 0 Å². The van der Waals surface area contributed by atoms with Crippen LogP contribution in [0.4, 0.5) is 0 Å². The minimum Gasteiger partial charge on any atom is -0.508 e. The normalized spacial score (nSPS) is 17.9. The number of pyridine rings is 2. The largest absolute Gasteiger partial charge is 0.508 e. The van der Waals surface area contributed by atoms with Crippen molar-refractivity contribution < 1.29 is 5.11 Å². The van der Waals surface area contributed by atoms with Gasteiger partial charge in [0.05, 0.1) is 17.8 Å². The lowest BCUT2D eigenvalue weighted by Crippen LogP contribution is -2.29. The van der Waals surface area contributed by atoms with Gasteiger partial charge in [-0.3, -0.25) is 9.97 Å². The van der Waals surface area contributed by atoms with E-state index < -0.39 is 0 Å². The molecular formula is C26H25N5OS. The maximum Gasteiger partial charge on any atom is 0.170 e. The Bertz CT molecular complexity index is 1270. The first-order valence-electron chi connectivity index (χ1n) is 10.9. The third-order valence-electron chi connectivity index (χ3n) is 6.17. The van der Waals surface area contributed by atoms with Crippen LogP contribution >= 0.6 is 12.2 Å². The van der Waals surface area contributed by atoms with Gasteiger partial charge in [0.25, 0.3) is 0 Å². The number of phenolic OH excluding ortho intramolecular Hbond substituents is 1. The van der Waals surface area contributed by atoms with Gasteiger partial charge in [0, 0.05) is 42.2 Å². The molecule has 3 aromatic heterocycles. The number of rotatable bonds is 5. The number of aromatic hydroxyl groups is 1. The Labute approximate surface area is 198 Å². The van der Waals surface area contributed by atoms with E-state index in [1.54, 1.807) is 18.3 Å². The molecule has 2 N–H and O–H groups in total. The summed E-state index contributed by atoms with van der Waals surface area (Å²) in [6, 6.07) is 19.4. The van der Waals surface area contributed by atoms with Gasteiger partial charge in [-0.2, -0.15) is 0 Å². The molecule has 0 radical (unpaired) electrons. The number of hydrogen-bond donors (Lipinski definition) is 2. The molecule has 0 aliphatic carbocycles. The van der Waals surface area contributed by atoms with E-state index in [0.29, 0.717) is 11.7 Å². The Kier molecular flexibility index (Phi) is 5.56. The van der Waals surface area contributed by atoms with Crippen LogP contribution in [0.3, 0.4) is 0 Å². The number of nitrogens with zero attached hydrogens (tertiary/aromatic N) is 4. The van der Waals surface area contributed by atoms with Crippen molar-refractivity contribution in [2.45, 2.75) is 32.5 Å². The van der Waals surface area contributed by atoms with Gasteiger partial charge in [-0.15, -0.1) is 0 Å². The van der Waals surface area contributed by atoms with Crippen LogP contribution in [0, 0.1) is 13.8 Å². The zero-order valence-corrected chi connectivity index (χ0v) is 19.3. The average Bonchev–Trinajstić information content (AvgIpc) is 3.31. The van der Waals surface area contributed by atoms with E-state index in [9.17, 15) is 5.11 Å². The molecule has 4 aromatic rings. The fourth-order valence-corrected chi connectivity index (χ4v) is 4.99. The second-order valence-corrected chi connectivity index (χ2v) is 8.68. The Hall–Kier alpha value is -3.71. The summed E-state index contributed by atoms with van der Waals surface area (Å²) in [6.07, 6.45) is 5.48. The number of benzene rings is 1. The molecule has 1 fully saturated rings. The van der Waals surface area contributed by atoms with E-state index in [0.717, 1.165) is 28.3 Å². The molecule has 4 heterocycles. The standard InChI is InChI=1S/C26H25N5OS/c1-17-14-22(18(2)31(17)20-8-10-21(32)11-9-20)25-24(23-7-3-4-13-28-23)29-26(33)30(25)16-19-6-5-12-27-15-19/h3-15,24-25,32H,16H2,1-2H3,(H,29,33)/t24-,25-/m0/s1. The van der Waals surface area contributed by atoms with E-state index in [2.05, 4.69) is 50.7 Å².